The third-order valence-electron chi connectivity index (χ3n) is 4.50. The van der Waals surface area contributed by atoms with Gasteiger partial charge in [-0.05, 0) is 30.2 Å². The molecule has 9 nitrogen and oxygen atoms in total. The van der Waals surface area contributed by atoms with Crippen molar-refractivity contribution < 1.29 is 19.3 Å². The van der Waals surface area contributed by atoms with Gasteiger partial charge in [-0.1, -0.05) is 18.5 Å². The van der Waals surface area contributed by atoms with Gasteiger partial charge in [-0.3, -0.25) is 0 Å². The number of hydrogen-bond donors (Lipinski definition) is 0. The van der Waals surface area contributed by atoms with Crippen LogP contribution in [0, 0.1) is 22.0 Å². The Morgan fingerprint density at radius 1 is 1.38 bits per heavy atom. The zero-order chi connectivity index (χ0) is 18.7. The summed E-state index contributed by atoms with van der Waals surface area (Å²) in [7, 11) is 0. The maximum Gasteiger partial charge on any atom is 0.422 e. The van der Waals surface area contributed by atoms with Gasteiger partial charge < -0.3 is 14.4 Å². The lowest BCUT2D eigenvalue weighted by Crippen LogP contribution is -2.42. The molecule has 0 spiro atoms. The van der Waals surface area contributed by atoms with Crippen LogP contribution >= 0.6 is 11.6 Å². The first-order valence-corrected chi connectivity index (χ1v) is 8.62. The normalized spacial score (nSPS) is 24.3. The molecule has 0 N–H and O–H groups in total. The number of nitrogens with zero attached hydrogens (tertiary/aromatic N) is 4. The number of guanidine groups is 1. The summed E-state index contributed by atoms with van der Waals surface area (Å²) in [6.07, 6.45) is -0.717. The molecule has 2 heterocycles. The highest BCUT2D eigenvalue weighted by atomic mass is 35.5. The van der Waals surface area contributed by atoms with Gasteiger partial charge in [0.15, 0.2) is 5.03 Å². The third-order valence-corrected chi connectivity index (χ3v) is 4.75. The lowest BCUT2D eigenvalue weighted by atomic mass is 9.98. The van der Waals surface area contributed by atoms with E-state index in [1.165, 1.54) is 4.90 Å². The number of amides is 1. The van der Waals surface area contributed by atoms with Gasteiger partial charge in [-0.25, -0.2) is 19.8 Å². The van der Waals surface area contributed by atoms with E-state index in [1.54, 1.807) is 29.2 Å². The Bertz CT molecular complexity index is 711. The smallest absolute Gasteiger partial charge is 0.410 e. The molecular weight excluding hydrogens is 364 g/mol. The molecule has 2 fully saturated rings. The fraction of sp³-hybridized carbons (Fsp3) is 0.500. The third kappa shape index (κ3) is 4.23. The molecule has 2 saturated heterocycles. The molecule has 10 heteroatoms. The van der Waals surface area contributed by atoms with Gasteiger partial charge in [0.1, 0.15) is 10.9 Å². The van der Waals surface area contributed by atoms with E-state index in [4.69, 9.17) is 21.1 Å². The van der Waals surface area contributed by atoms with Crippen LogP contribution in [0.4, 0.5) is 4.79 Å². The van der Waals surface area contributed by atoms with Gasteiger partial charge in [0.05, 0.1) is 13.2 Å². The van der Waals surface area contributed by atoms with Crippen LogP contribution in [0.15, 0.2) is 29.4 Å². The second-order valence-corrected chi connectivity index (χ2v) is 6.77. The minimum Gasteiger partial charge on any atom is -0.410 e. The van der Waals surface area contributed by atoms with Crippen molar-refractivity contribution in [1.82, 2.24) is 9.80 Å². The van der Waals surface area contributed by atoms with Crippen LogP contribution in [0.25, 0.3) is 0 Å². The summed E-state index contributed by atoms with van der Waals surface area (Å²) in [4.78, 5) is 26.3. The number of hydrazone groups is 1. The molecule has 1 aromatic carbocycles. The van der Waals surface area contributed by atoms with Crippen LogP contribution in [0.3, 0.4) is 0 Å². The fourth-order valence-electron chi connectivity index (χ4n) is 3.01. The summed E-state index contributed by atoms with van der Waals surface area (Å²) in [6.45, 7) is 4.59. The van der Waals surface area contributed by atoms with Crippen molar-refractivity contribution in [3.8, 4) is 5.75 Å². The van der Waals surface area contributed by atoms with Gasteiger partial charge in [-0.2, -0.15) is 0 Å². The summed E-state index contributed by atoms with van der Waals surface area (Å²) in [6, 6.07) is 6.29. The van der Waals surface area contributed by atoms with Crippen molar-refractivity contribution in [2.75, 3.05) is 32.8 Å². The minimum atomic E-state index is -0.801. The number of benzene rings is 1. The highest BCUT2D eigenvalue weighted by Crippen LogP contribution is 2.24. The monoisotopic (exact) mass is 382 g/mol. The largest absolute Gasteiger partial charge is 0.422 e. The van der Waals surface area contributed by atoms with Crippen molar-refractivity contribution in [2.24, 2.45) is 16.9 Å². The number of carbonyl (C=O) groups excluding carboxylic acids is 1. The van der Waals surface area contributed by atoms with Crippen LogP contribution in [0.5, 0.6) is 5.75 Å². The average molecular weight is 383 g/mol. The Hall–Kier alpha value is -2.39. The average Bonchev–Trinajstić information content (AvgIpc) is 3.17. The highest BCUT2D eigenvalue weighted by Gasteiger charge is 2.38. The summed E-state index contributed by atoms with van der Waals surface area (Å²) < 4.78 is 10.7. The first-order chi connectivity index (χ1) is 12.4. The van der Waals surface area contributed by atoms with E-state index in [2.05, 4.69) is 12.0 Å². The first-order valence-electron chi connectivity index (χ1n) is 8.24. The molecule has 0 saturated carbocycles. The molecule has 2 aliphatic heterocycles. The van der Waals surface area contributed by atoms with Crippen LogP contribution in [0.2, 0.25) is 5.02 Å². The Balaban J connectivity index is 1.72. The predicted octanol–water partition coefficient (Wildman–Crippen LogP) is 2.29. The molecule has 2 unspecified atom stereocenters. The topological polar surface area (TPSA) is 97.5 Å². The molecule has 1 amide bonds. The number of nitro groups is 1. The van der Waals surface area contributed by atoms with E-state index in [-0.39, 0.29) is 18.4 Å². The highest BCUT2D eigenvalue weighted by molar-refractivity contribution is 6.30. The zero-order valence-electron chi connectivity index (χ0n) is 14.2. The number of rotatable bonds is 4. The molecule has 1 aromatic rings. The maximum absolute atomic E-state index is 12.5. The molecule has 140 valence electrons. The SMILES string of the molecule is CC1COCC1CN1CCN(C(=O)Oc2ccc(Cl)cc2)C1=N[N+](=O)[O-]. The number of ether oxygens (including phenoxy) is 2. The number of halogens is 1. The molecule has 0 radical (unpaired) electrons. The van der Waals surface area contributed by atoms with Crippen molar-refractivity contribution in [3.63, 3.8) is 0 Å². The van der Waals surface area contributed by atoms with Crippen LogP contribution in [-0.2, 0) is 4.74 Å². The fourth-order valence-corrected chi connectivity index (χ4v) is 3.13. The molecule has 3 rings (SSSR count). The zero-order valence-corrected chi connectivity index (χ0v) is 15.0. The Morgan fingerprint density at radius 3 is 2.73 bits per heavy atom. The quantitative estimate of drug-likeness (QED) is 0.585. The maximum atomic E-state index is 12.5. The van der Waals surface area contributed by atoms with Crippen molar-refractivity contribution in [1.29, 1.82) is 0 Å². The molecule has 0 aromatic heterocycles. The lowest BCUT2D eigenvalue weighted by Gasteiger charge is -2.23. The van der Waals surface area contributed by atoms with E-state index < -0.39 is 11.1 Å². The second kappa shape index (κ2) is 7.88. The Kier molecular flexibility index (Phi) is 5.58. The van der Waals surface area contributed by atoms with E-state index in [0.717, 1.165) is 0 Å². The van der Waals surface area contributed by atoms with Gasteiger partial charge in [0.25, 0.3) is 5.96 Å². The minimum absolute atomic E-state index is 0.00642. The molecule has 26 heavy (non-hydrogen) atoms. The summed E-state index contributed by atoms with van der Waals surface area (Å²) in [5.74, 6) is 0.880. The summed E-state index contributed by atoms with van der Waals surface area (Å²) in [5, 5.41) is 14.1. The van der Waals surface area contributed by atoms with E-state index in [0.29, 0.717) is 43.0 Å². The van der Waals surface area contributed by atoms with Gasteiger partial charge >= 0.3 is 6.09 Å². The van der Waals surface area contributed by atoms with E-state index in [1.807, 2.05) is 0 Å². The van der Waals surface area contributed by atoms with Gasteiger partial charge in [-0.15, -0.1) is 0 Å². The van der Waals surface area contributed by atoms with Crippen molar-refractivity contribution in [3.05, 3.63) is 39.4 Å². The molecular formula is C16H19ClN4O5. The van der Waals surface area contributed by atoms with Gasteiger partial charge in [0, 0.05) is 30.6 Å². The summed E-state index contributed by atoms with van der Waals surface area (Å²) >= 11 is 5.81. The van der Waals surface area contributed by atoms with Crippen LogP contribution < -0.4 is 4.74 Å². The van der Waals surface area contributed by atoms with Crippen LogP contribution in [0.1, 0.15) is 6.92 Å². The van der Waals surface area contributed by atoms with E-state index >= 15 is 0 Å². The second-order valence-electron chi connectivity index (χ2n) is 6.33. The molecule has 2 atom stereocenters. The predicted molar refractivity (Wildman–Crippen MR) is 93.7 cm³/mol. The molecule has 0 bridgehead atoms. The number of hydrogen-bond acceptors (Lipinski definition) is 5. The van der Waals surface area contributed by atoms with E-state index in [9.17, 15) is 14.9 Å². The molecule has 0 aliphatic carbocycles. The van der Waals surface area contributed by atoms with Crippen molar-refractivity contribution >= 4 is 23.7 Å². The summed E-state index contributed by atoms with van der Waals surface area (Å²) in [5.41, 5.74) is 0. The van der Waals surface area contributed by atoms with Gasteiger partial charge in [0.2, 0.25) is 0 Å². The number of carbonyl (C=O) groups is 1. The van der Waals surface area contributed by atoms with Crippen LogP contribution in [-0.4, -0.2) is 59.7 Å². The lowest BCUT2D eigenvalue weighted by molar-refractivity contribution is -0.486. The Morgan fingerprint density at radius 2 is 2.12 bits per heavy atom. The standard InChI is InChI=1S/C16H19ClN4O5/c1-11-9-25-10-12(11)8-19-6-7-20(15(19)18-21(23)24)16(22)26-14-4-2-13(17)3-5-14/h2-5,11-12H,6-10H2,1H3. The Labute approximate surface area is 155 Å². The molecule has 2 aliphatic rings. The first kappa shape index (κ1) is 18.4. The van der Waals surface area contributed by atoms with Crippen molar-refractivity contribution in [2.45, 2.75) is 6.92 Å².